The second kappa shape index (κ2) is 16.3. The van der Waals surface area contributed by atoms with Gasteiger partial charge in [-0.25, -0.2) is 4.39 Å². The van der Waals surface area contributed by atoms with Crippen LogP contribution in [0.3, 0.4) is 0 Å². The average Bonchev–Trinajstić information content (AvgIpc) is 3.74. The van der Waals surface area contributed by atoms with E-state index in [-0.39, 0.29) is 59.7 Å². The number of benzene rings is 3. The molecule has 0 aliphatic carbocycles. The van der Waals surface area contributed by atoms with Gasteiger partial charge in [0.1, 0.15) is 17.9 Å². The van der Waals surface area contributed by atoms with Crippen LogP contribution in [0.1, 0.15) is 61.1 Å². The molecule has 0 bridgehead atoms. The Kier molecular flexibility index (Phi) is 11.7. The number of methoxy groups -OCH3 is 1. The number of rotatable bonds is 16. The molecule has 2 aliphatic rings. The Labute approximate surface area is 272 Å². The van der Waals surface area contributed by atoms with E-state index in [0.717, 1.165) is 17.5 Å². The monoisotopic (exact) mass is 646 g/mol. The second-order valence-corrected chi connectivity index (χ2v) is 11.1. The van der Waals surface area contributed by atoms with Gasteiger partial charge in [0.05, 0.1) is 45.6 Å². The van der Waals surface area contributed by atoms with Crippen LogP contribution in [-0.4, -0.2) is 89.1 Å². The van der Waals surface area contributed by atoms with Crippen molar-refractivity contribution < 1.29 is 37.7 Å². The fourth-order valence-electron chi connectivity index (χ4n) is 5.36. The molecule has 3 aromatic rings. The topological polar surface area (TPSA) is 137 Å². The molecule has 2 heterocycles. The van der Waals surface area contributed by atoms with Crippen LogP contribution in [0.4, 0.5) is 4.39 Å². The van der Waals surface area contributed by atoms with Crippen LogP contribution in [-0.2, 0) is 16.0 Å². The quantitative estimate of drug-likeness (QED) is 0.159. The van der Waals surface area contributed by atoms with Crippen molar-refractivity contribution in [1.82, 2.24) is 16.0 Å². The van der Waals surface area contributed by atoms with Crippen LogP contribution in [0.2, 0.25) is 0 Å². The summed E-state index contributed by atoms with van der Waals surface area (Å²) in [5.41, 5.74) is 2.73. The smallest absolute Gasteiger partial charge is 0.251 e. The molecule has 0 spiro atoms. The normalized spacial score (nSPS) is 16.5. The predicted molar refractivity (Wildman–Crippen MR) is 173 cm³/mol. The minimum absolute atomic E-state index is 0.0518. The van der Waals surface area contributed by atoms with Gasteiger partial charge in [-0.3, -0.25) is 19.4 Å². The molecule has 11 nitrogen and oxygen atoms in total. The zero-order valence-electron chi connectivity index (χ0n) is 26.5. The summed E-state index contributed by atoms with van der Waals surface area (Å²) in [6.07, 6.45) is 2.71. The van der Waals surface area contributed by atoms with E-state index in [1.165, 1.54) is 43.5 Å². The highest BCUT2D eigenvalue weighted by Gasteiger charge is 2.31. The first kappa shape index (κ1) is 33.7. The number of amides is 2. The van der Waals surface area contributed by atoms with Gasteiger partial charge in [0.25, 0.3) is 11.8 Å². The van der Waals surface area contributed by atoms with Crippen molar-refractivity contribution in [2.45, 2.75) is 32.0 Å². The second-order valence-electron chi connectivity index (χ2n) is 11.1. The number of hydrogen-bond acceptors (Lipinski definition) is 9. The Morgan fingerprint density at radius 3 is 2.15 bits per heavy atom. The maximum atomic E-state index is 15.4. The SMILES string of the molecule is CCCOCCOCCOc1ccc(OC)c(F)c1C(=O)c1ccc(C(=O)N[C@@H]2CNC[C@@H]2NC(=O)c2ccc3c(c2)CN=C3)cc1. The fourth-order valence-corrected chi connectivity index (χ4v) is 5.36. The number of fused-ring (bicyclic) bond motifs is 1. The minimum atomic E-state index is -0.847. The van der Waals surface area contributed by atoms with Crippen molar-refractivity contribution >= 4 is 23.8 Å². The third kappa shape index (κ3) is 8.39. The predicted octanol–water partition coefficient (Wildman–Crippen LogP) is 3.32. The largest absolute Gasteiger partial charge is 0.494 e. The average molecular weight is 647 g/mol. The van der Waals surface area contributed by atoms with Crippen molar-refractivity contribution in [2.75, 3.05) is 53.2 Å². The molecular weight excluding hydrogens is 607 g/mol. The third-order valence-electron chi connectivity index (χ3n) is 7.87. The van der Waals surface area contributed by atoms with Crippen molar-refractivity contribution in [2.24, 2.45) is 4.99 Å². The molecule has 0 unspecified atom stereocenters. The number of halogens is 1. The number of hydrogen-bond donors (Lipinski definition) is 3. The molecule has 2 amide bonds. The molecule has 0 aromatic heterocycles. The van der Waals surface area contributed by atoms with Crippen LogP contribution in [0.5, 0.6) is 11.5 Å². The van der Waals surface area contributed by atoms with Gasteiger partial charge in [0.2, 0.25) is 0 Å². The Hall–Kier alpha value is -4.65. The molecule has 0 saturated carbocycles. The zero-order chi connectivity index (χ0) is 33.2. The first-order valence-corrected chi connectivity index (χ1v) is 15.6. The molecule has 47 heavy (non-hydrogen) atoms. The van der Waals surface area contributed by atoms with E-state index < -0.39 is 11.6 Å². The molecule has 1 fully saturated rings. The molecule has 248 valence electrons. The third-order valence-corrected chi connectivity index (χ3v) is 7.87. The highest BCUT2D eigenvalue weighted by atomic mass is 19.1. The van der Waals surface area contributed by atoms with Gasteiger partial charge in [-0.1, -0.05) is 25.1 Å². The van der Waals surface area contributed by atoms with Crippen LogP contribution in [0, 0.1) is 5.82 Å². The van der Waals surface area contributed by atoms with E-state index in [0.29, 0.717) is 50.6 Å². The maximum absolute atomic E-state index is 15.4. The fraction of sp³-hybridized carbons (Fsp3) is 0.371. The number of ketones is 1. The van der Waals surface area contributed by atoms with E-state index >= 15 is 4.39 Å². The van der Waals surface area contributed by atoms with E-state index in [9.17, 15) is 14.4 Å². The molecule has 12 heteroatoms. The number of ether oxygens (including phenoxy) is 4. The molecule has 0 radical (unpaired) electrons. The summed E-state index contributed by atoms with van der Waals surface area (Å²) < 4.78 is 37.0. The lowest BCUT2D eigenvalue weighted by Gasteiger charge is -2.21. The Morgan fingerprint density at radius 2 is 1.45 bits per heavy atom. The van der Waals surface area contributed by atoms with E-state index in [2.05, 4.69) is 20.9 Å². The number of carbonyl (C=O) groups excluding carboxylic acids is 3. The van der Waals surface area contributed by atoms with Crippen molar-refractivity contribution in [1.29, 1.82) is 0 Å². The van der Waals surface area contributed by atoms with Gasteiger partial charge in [0, 0.05) is 42.6 Å². The van der Waals surface area contributed by atoms with Gasteiger partial charge in [-0.05, 0) is 53.9 Å². The molecule has 3 N–H and O–H groups in total. The van der Waals surface area contributed by atoms with Crippen molar-refractivity contribution in [3.8, 4) is 11.5 Å². The summed E-state index contributed by atoms with van der Waals surface area (Å²) >= 11 is 0. The first-order valence-electron chi connectivity index (χ1n) is 15.6. The standard InChI is InChI=1S/C35H39FN4O7/c1-3-12-45-13-14-46-15-16-47-29-10-11-30(44-2)32(36)31(29)33(41)22-4-6-23(7-5-22)34(42)39-27-20-38-21-28(27)40-35(43)24-8-9-25-18-37-19-26(25)17-24/h4-11,17-18,27-28,38H,3,12-16,19-21H2,1-2H3,(H,39,42)(H,40,43)/t27-,28+/m1/s1. The summed E-state index contributed by atoms with van der Waals surface area (Å²) in [4.78, 5) is 43.8. The summed E-state index contributed by atoms with van der Waals surface area (Å²) in [7, 11) is 1.31. The molecule has 3 aromatic carbocycles. The lowest BCUT2D eigenvalue weighted by Crippen LogP contribution is -2.51. The van der Waals surface area contributed by atoms with Crippen molar-refractivity contribution in [3.63, 3.8) is 0 Å². The number of carbonyl (C=O) groups is 3. The van der Waals surface area contributed by atoms with Gasteiger partial charge in [0.15, 0.2) is 17.3 Å². The Morgan fingerprint density at radius 1 is 0.830 bits per heavy atom. The number of nitrogens with one attached hydrogen (secondary N) is 3. The number of nitrogens with zero attached hydrogens (tertiary/aromatic N) is 1. The van der Waals surface area contributed by atoms with Gasteiger partial charge < -0.3 is 34.9 Å². The molecule has 2 atom stereocenters. The van der Waals surface area contributed by atoms with Crippen molar-refractivity contribution in [3.05, 3.63) is 93.8 Å². The van der Waals surface area contributed by atoms with Gasteiger partial charge >= 0.3 is 0 Å². The maximum Gasteiger partial charge on any atom is 0.251 e. The van der Waals surface area contributed by atoms with Gasteiger partial charge in [-0.2, -0.15) is 0 Å². The summed E-state index contributed by atoms with van der Waals surface area (Å²) in [6, 6.07) is 13.6. The Bertz CT molecular complexity index is 1610. The minimum Gasteiger partial charge on any atom is -0.494 e. The number of aliphatic imine (C=N–C) groups is 1. The first-order chi connectivity index (χ1) is 22.9. The van der Waals surface area contributed by atoms with E-state index in [4.69, 9.17) is 18.9 Å². The van der Waals surface area contributed by atoms with E-state index in [1.54, 1.807) is 12.3 Å². The highest BCUT2D eigenvalue weighted by molar-refractivity contribution is 6.11. The summed E-state index contributed by atoms with van der Waals surface area (Å²) in [5, 5.41) is 9.19. The van der Waals surface area contributed by atoms with Crippen LogP contribution >= 0.6 is 0 Å². The molecule has 2 aliphatic heterocycles. The summed E-state index contributed by atoms with van der Waals surface area (Å²) in [5.74, 6) is -2.12. The zero-order valence-corrected chi connectivity index (χ0v) is 26.5. The molecule has 1 saturated heterocycles. The molecule has 5 rings (SSSR count). The van der Waals surface area contributed by atoms with Gasteiger partial charge in [-0.15, -0.1) is 0 Å². The Balaban J connectivity index is 1.19. The lowest BCUT2D eigenvalue weighted by molar-refractivity contribution is 0.0364. The molecular formula is C35H39FN4O7. The van der Waals surface area contributed by atoms with Crippen LogP contribution < -0.4 is 25.4 Å². The highest BCUT2D eigenvalue weighted by Crippen LogP contribution is 2.31. The summed E-state index contributed by atoms with van der Waals surface area (Å²) in [6.45, 7) is 5.38. The van der Waals surface area contributed by atoms with Crippen LogP contribution in [0.25, 0.3) is 0 Å². The van der Waals surface area contributed by atoms with Crippen LogP contribution in [0.15, 0.2) is 59.6 Å². The van der Waals surface area contributed by atoms with E-state index in [1.807, 2.05) is 19.1 Å². The lowest BCUT2D eigenvalue weighted by atomic mass is 10.00.